The highest BCUT2D eigenvalue weighted by Gasteiger charge is 2.39. The molecule has 15 heteroatoms. The highest BCUT2D eigenvalue weighted by molar-refractivity contribution is 7.94. The third-order valence-electron chi connectivity index (χ3n) is 2.92. The molecule has 2 aromatic rings. The molecule has 1 aromatic carbocycles. The summed E-state index contributed by atoms with van der Waals surface area (Å²) in [5, 5.41) is 1.73. The summed E-state index contributed by atoms with van der Waals surface area (Å²) >= 11 is 5.23. The Morgan fingerprint density at radius 2 is 1.93 bits per heavy atom. The van der Waals surface area contributed by atoms with Gasteiger partial charge in [-0.3, -0.25) is 0 Å². The van der Waals surface area contributed by atoms with Crippen LogP contribution in [0.4, 0.5) is 32.4 Å². The molecule has 8 nitrogen and oxygen atoms in total. The Labute approximate surface area is 152 Å². The lowest BCUT2D eigenvalue weighted by Gasteiger charge is -2.20. The summed E-state index contributed by atoms with van der Waals surface area (Å²) in [6, 6.07) is 0.519. The van der Waals surface area contributed by atoms with Crippen molar-refractivity contribution < 1.29 is 44.4 Å². The van der Waals surface area contributed by atoms with Gasteiger partial charge in [0.2, 0.25) is 5.82 Å². The van der Waals surface area contributed by atoms with E-state index in [-0.39, 0.29) is 10.4 Å². The molecule has 0 saturated heterocycles. The molecule has 27 heavy (non-hydrogen) atoms. The third kappa shape index (κ3) is 4.10. The van der Waals surface area contributed by atoms with Crippen LogP contribution in [0.2, 0.25) is 0 Å². The minimum Gasteiger partial charge on any atom is -0.452 e. The summed E-state index contributed by atoms with van der Waals surface area (Å²) in [4.78, 5) is 14.7. The molecular weight excluding hydrogens is 429 g/mol. The average Bonchev–Trinajstić information content (AvgIpc) is 3.06. The van der Waals surface area contributed by atoms with Gasteiger partial charge in [0.25, 0.3) is 10.0 Å². The van der Waals surface area contributed by atoms with Crippen molar-refractivity contribution in [2.24, 2.45) is 0 Å². The molecule has 1 aromatic heterocycles. The van der Waals surface area contributed by atoms with E-state index in [1.165, 1.54) is 0 Å². The molecule has 0 saturated carbocycles. The number of sulfonamides is 1. The highest BCUT2D eigenvalue weighted by Crippen LogP contribution is 2.33. The lowest BCUT2D eigenvalue weighted by atomic mass is 10.1. The molecule has 0 aliphatic heterocycles. The van der Waals surface area contributed by atoms with Crippen molar-refractivity contribution >= 4 is 33.4 Å². The van der Waals surface area contributed by atoms with Crippen molar-refractivity contribution in [3.05, 3.63) is 29.7 Å². The summed E-state index contributed by atoms with van der Waals surface area (Å²) in [5.41, 5.74) is -1.94. The van der Waals surface area contributed by atoms with E-state index in [2.05, 4.69) is 19.4 Å². The number of rotatable bonds is 4. The smallest absolute Gasteiger partial charge is 0.452 e. The van der Waals surface area contributed by atoms with Crippen LogP contribution in [-0.4, -0.2) is 37.0 Å². The van der Waals surface area contributed by atoms with Gasteiger partial charge in [-0.2, -0.15) is 22.5 Å². The molecule has 0 unspecified atom stereocenters. The second kappa shape index (κ2) is 7.26. The second-order valence-electron chi connectivity index (χ2n) is 4.66. The largest absolute Gasteiger partial charge is 0.471 e. The first-order valence-electron chi connectivity index (χ1n) is 6.49. The molecule has 0 aliphatic rings. The highest BCUT2D eigenvalue weighted by atomic mass is 35.5. The summed E-state index contributed by atoms with van der Waals surface area (Å²) in [6.45, 7) is 0. The SMILES string of the molecule is COC(=O)N(c1cc(-c2noc(C(F)(F)F)n2)c(F)cc1F)S(=O)(=O)CCl. The van der Waals surface area contributed by atoms with Crippen LogP contribution in [0, 0.1) is 11.6 Å². The number of methoxy groups -OCH3 is 1. The quantitative estimate of drug-likeness (QED) is 0.537. The Hall–Kier alpha value is -2.48. The molecule has 0 fully saturated rings. The van der Waals surface area contributed by atoms with Gasteiger partial charge in [0, 0.05) is 6.07 Å². The van der Waals surface area contributed by atoms with Crippen molar-refractivity contribution in [3.63, 3.8) is 0 Å². The maximum Gasteiger partial charge on any atom is 0.471 e. The summed E-state index contributed by atoms with van der Waals surface area (Å²) in [6.07, 6.45) is -6.64. The van der Waals surface area contributed by atoms with E-state index in [4.69, 9.17) is 11.6 Å². The number of halogens is 6. The molecule has 0 spiro atoms. The predicted octanol–water partition coefficient (Wildman–Crippen LogP) is 3.13. The number of carbonyl (C=O) groups excluding carboxylic acids is 1. The van der Waals surface area contributed by atoms with Gasteiger partial charge < -0.3 is 9.26 Å². The lowest BCUT2D eigenvalue weighted by Crippen LogP contribution is -2.38. The predicted molar refractivity (Wildman–Crippen MR) is 79.2 cm³/mol. The van der Waals surface area contributed by atoms with Crippen molar-refractivity contribution in [3.8, 4) is 11.4 Å². The van der Waals surface area contributed by atoms with E-state index in [1.54, 1.807) is 0 Å². The van der Waals surface area contributed by atoms with Gasteiger partial charge in [-0.1, -0.05) is 5.16 Å². The Morgan fingerprint density at radius 1 is 1.30 bits per heavy atom. The molecule has 2 rings (SSSR count). The number of hydrogen-bond donors (Lipinski definition) is 0. The van der Waals surface area contributed by atoms with Crippen LogP contribution in [0.1, 0.15) is 5.89 Å². The number of alkyl halides is 4. The van der Waals surface area contributed by atoms with Crippen LogP contribution >= 0.6 is 11.6 Å². The zero-order chi connectivity index (χ0) is 20.6. The number of benzene rings is 1. The molecule has 0 atom stereocenters. The Bertz CT molecular complexity index is 978. The molecule has 0 N–H and O–H groups in total. The maximum absolute atomic E-state index is 14.1. The number of hydrogen-bond acceptors (Lipinski definition) is 7. The minimum atomic E-state index is -5.04. The number of anilines is 1. The average molecular weight is 436 g/mol. The van der Waals surface area contributed by atoms with Crippen LogP contribution < -0.4 is 4.31 Å². The van der Waals surface area contributed by atoms with Gasteiger partial charge in [0.1, 0.15) is 16.7 Å². The second-order valence-corrected chi connectivity index (χ2v) is 7.06. The number of amides is 1. The van der Waals surface area contributed by atoms with Crippen molar-refractivity contribution in [2.75, 3.05) is 16.6 Å². The fraction of sp³-hybridized carbons (Fsp3) is 0.250. The van der Waals surface area contributed by atoms with E-state index in [1.807, 2.05) is 0 Å². The molecule has 1 amide bonds. The van der Waals surface area contributed by atoms with E-state index >= 15 is 0 Å². The minimum absolute atomic E-state index is 0.119. The number of aromatic nitrogens is 2. The van der Waals surface area contributed by atoms with Crippen molar-refractivity contribution in [1.29, 1.82) is 0 Å². The molecule has 0 aliphatic carbocycles. The molecule has 148 valence electrons. The van der Waals surface area contributed by atoms with Gasteiger partial charge in [-0.05, 0) is 6.07 Å². The normalized spacial score (nSPS) is 12.1. The molecule has 0 radical (unpaired) electrons. The van der Waals surface area contributed by atoms with E-state index in [9.17, 15) is 35.2 Å². The van der Waals surface area contributed by atoms with Gasteiger partial charge in [-0.25, -0.2) is 22.0 Å². The topological polar surface area (TPSA) is 103 Å². The fourth-order valence-corrected chi connectivity index (χ4v) is 2.94. The van der Waals surface area contributed by atoms with Crippen LogP contribution in [0.15, 0.2) is 16.7 Å². The maximum atomic E-state index is 14.1. The first-order valence-corrected chi connectivity index (χ1v) is 8.64. The van der Waals surface area contributed by atoms with Gasteiger partial charge in [0.15, 0.2) is 5.82 Å². The van der Waals surface area contributed by atoms with Gasteiger partial charge in [-0.15, -0.1) is 11.6 Å². The fourth-order valence-electron chi connectivity index (χ4n) is 1.81. The number of ether oxygens (including phenoxy) is 1. The van der Waals surface area contributed by atoms with Gasteiger partial charge >= 0.3 is 18.2 Å². The standard InChI is InChI=1S/C12H7ClF5N3O5S/c1-25-11(22)21(27(23,24)4-13)8-2-5(6(14)3-7(8)15)9-19-10(26-20-9)12(16,17)18/h2-3H,4H2,1H3. The number of nitrogens with zero attached hydrogens (tertiary/aromatic N) is 3. The van der Waals surface area contributed by atoms with E-state index in [0.717, 1.165) is 7.11 Å². The van der Waals surface area contributed by atoms with Gasteiger partial charge in [0.05, 0.1) is 12.7 Å². The zero-order valence-corrected chi connectivity index (χ0v) is 14.5. The monoisotopic (exact) mass is 435 g/mol. The van der Waals surface area contributed by atoms with Crippen LogP contribution in [0.5, 0.6) is 0 Å². The van der Waals surface area contributed by atoms with Crippen molar-refractivity contribution in [1.82, 2.24) is 10.1 Å². The Kier molecular flexibility index (Phi) is 5.60. The summed E-state index contributed by atoms with van der Waals surface area (Å²) in [5.74, 6) is -5.77. The van der Waals surface area contributed by atoms with Crippen LogP contribution in [-0.2, 0) is 20.9 Å². The Balaban J connectivity index is 2.68. The molecule has 0 bridgehead atoms. The Morgan fingerprint density at radius 3 is 2.41 bits per heavy atom. The van der Waals surface area contributed by atoms with E-state index in [0.29, 0.717) is 6.07 Å². The molecular formula is C12H7ClF5N3O5S. The third-order valence-corrected chi connectivity index (χ3v) is 4.93. The van der Waals surface area contributed by atoms with Crippen molar-refractivity contribution in [2.45, 2.75) is 6.18 Å². The first kappa shape index (κ1) is 20.8. The zero-order valence-electron chi connectivity index (χ0n) is 12.9. The first-order chi connectivity index (χ1) is 12.4. The summed E-state index contributed by atoms with van der Waals surface area (Å²) < 4.78 is 97.5. The lowest BCUT2D eigenvalue weighted by molar-refractivity contribution is -0.159. The van der Waals surface area contributed by atoms with Crippen LogP contribution in [0.3, 0.4) is 0 Å². The van der Waals surface area contributed by atoms with Crippen LogP contribution in [0.25, 0.3) is 11.4 Å². The summed E-state index contributed by atoms with van der Waals surface area (Å²) in [7, 11) is -3.89. The van der Waals surface area contributed by atoms with E-state index < -0.39 is 62.1 Å². The molecule has 1 heterocycles. The number of carbonyl (C=O) groups is 1.